The Balaban J connectivity index is 3.44. The van der Waals surface area contributed by atoms with E-state index in [0.717, 1.165) is 57.8 Å². The summed E-state index contributed by atoms with van der Waals surface area (Å²) in [6.45, 7) is 4.16. The lowest BCUT2D eigenvalue weighted by molar-refractivity contribution is -0.161. The van der Waals surface area contributed by atoms with Crippen LogP contribution < -0.4 is 0 Å². The van der Waals surface area contributed by atoms with Crippen LogP contribution in [0.3, 0.4) is 0 Å². The molecule has 0 saturated heterocycles. The highest BCUT2D eigenvalue weighted by molar-refractivity contribution is 5.70. The molecule has 5 nitrogen and oxygen atoms in total. The van der Waals surface area contributed by atoms with Gasteiger partial charge in [0.1, 0.15) is 6.61 Å². The number of esters is 2. The zero-order valence-electron chi connectivity index (χ0n) is 48.2. The first-order valence-electron chi connectivity index (χ1n) is 31.8. The third-order valence-corrected chi connectivity index (χ3v) is 14.3. The molecule has 0 spiro atoms. The van der Waals surface area contributed by atoms with Crippen molar-refractivity contribution in [1.82, 2.24) is 0 Å². The molecule has 0 rings (SSSR count). The Bertz CT molecular complexity index is 1230. The summed E-state index contributed by atoms with van der Waals surface area (Å²) < 4.78 is 10.7. The van der Waals surface area contributed by atoms with Crippen molar-refractivity contribution < 1.29 is 24.2 Å². The van der Waals surface area contributed by atoms with Gasteiger partial charge in [0.2, 0.25) is 0 Å². The Hall–Kier alpha value is -2.40. The highest BCUT2D eigenvalue weighted by Crippen LogP contribution is 2.17. The van der Waals surface area contributed by atoms with Gasteiger partial charge in [0.15, 0.2) is 6.10 Å². The van der Waals surface area contributed by atoms with Gasteiger partial charge in [-0.25, -0.2) is 0 Å². The molecule has 0 aliphatic carbocycles. The molecule has 0 amide bonds. The molecule has 0 radical (unpaired) electrons. The van der Waals surface area contributed by atoms with Gasteiger partial charge in [-0.05, 0) is 83.5 Å². The van der Waals surface area contributed by atoms with Gasteiger partial charge in [-0.15, -0.1) is 0 Å². The lowest BCUT2D eigenvalue weighted by Gasteiger charge is -2.15. The van der Waals surface area contributed by atoms with Gasteiger partial charge in [0.25, 0.3) is 0 Å². The van der Waals surface area contributed by atoms with Crippen LogP contribution in [0.4, 0.5) is 0 Å². The first-order chi connectivity index (χ1) is 35.6. The SMILES string of the molecule is CCCCCCC/C=C\C/C=C\C/C=C\CCCCCCCCCCCCC(=O)OC(CO)COC(=O)CCCCCCCCCCCCCCCCCCCCCCC/C=C\C/C=C\CCCCCCC. The standard InChI is InChI=1S/C67H122O5/c1-3-5-7-9-11-13-15-17-19-21-23-25-27-29-30-31-32-33-34-35-36-38-39-41-43-45-47-49-51-53-55-57-59-61-66(69)71-64-65(63-68)72-67(70)62-60-58-56-54-52-50-48-46-44-42-40-37-28-26-24-22-20-18-16-14-12-10-8-6-4-2/h15-18,21-24,28,37,65,68H,3-14,19-20,25-27,29-36,38-64H2,1-2H3/b17-15-,18-16-,23-21-,24-22-,37-28-. The molecular formula is C67H122O5. The Labute approximate surface area is 449 Å². The number of allylic oxidation sites excluding steroid dienone is 10. The molecule has 1 N–H and O–H groups in total. The Morgan fingerprint density at radius 1 is 0.319 bits per heavy atom. The van der Waals surface area contributed by atoms with Crippen molar-refractivity contribution in [2.75, 3.05) is 13.2 Å². The van der Waals surface area contributed by atoms with E-state index in [2.05, 4.69) is 74.6 Å². The maximum atomic E-state index is 12.3. The van der Waals surface area contributed by atoms with E-state index < -0.39 is 6.10 Å². The summed E-state index contributed by atoms with van der Waals surface area (Å²) in [5, 5.41) is 9.68. The second-order valence-electron chi connectivity index (χ2n) is 21.5. The van der Waals surface area contributed by atoms with Crippen LogP contribution in [0.5, 0.6) is 0 Å². The molecule has 0 aromatic heterocycles. The van der Waals surface area contributed by atoms with E-state index in [1.165, 1.54) is 250 Å². The monoisotopic (exact) mass is 1010 g/mol. The van der Waals surface area contributed by atoms with Crippen molar-refractivity contribution in [3.05, 3.63) is 60.8 Å². The minimum atomic E-state index is -0.776. The number of ether oxygens (including phenoxy) is 2. The van der Waals surface area contributed by atoms with Crippen LogP contribution in [0.25, 0.3) is 0 Å². The molecule has 0 bridgehead atoms. The van der Waals surface area contributed by atoms with Crippen LogP contribution in [0.2, 0.25) is 0 Å². The molecule has 0 heterocycles. The fourth-order valence-electron chi connectivity index (χ4n) is 9.48. The second-order valence-corrected chi connectivity index (χ2v) is 21.5. The van der Waals surface area contributed by atoms with Crippen LogP contribution in [-0.2, 0) is 19.1 Å². The van der Waals surface area contributed by atoms with Crippen molar-refractivity contribution in [2.24, 2.45) is 0 Å². The molecule has 0 aromatic carbocycles. The minimum Gasteiger partial charge on any atom is -0.462 e. The number of hydrogen-bond donors (Lipinski definition) is 1. The first kappa shape index (κ1) is 69.6. The van der Waals surface area contributed by atoms with E-state index in [-0.39, 0.29) is 25.2 Å². The number of rotatable bonds is 59. The number of unbranched alkanes of at least 4 members (excludes halogenated alkanes) is 41. The number of aliphatic hydroxyl groups is 1. The lowest BCUT2D eigenvalue weighted by atomic mass is 10.0. The summed E-state index contributed by atoms with van der Waals surface area (Å²) in [4.78, 5) is 24.6. The van der Waals surface area contributed by atoms with Gasteiger partial charge in [0.05, 0.1) is 6.61 Å². The smallest absolute Gasteiger partial charge is 0.306 e. The number of carbonyl (C=O) groups excluding carboxylic acids is 2. The van der Waals surface area contributed by atoms with Crippen LogP contribution in [-0.4, -0.2) is 36.4 Å². The highest BCUT2D eigenvalue weighted by atomic mass is 16.6. The summed E-state index contributed by atoms with van der Waals surface area (Å²) in [5.74, 6) is -0.581. The third kappa shape index (κ3) is 60.2. The average molecular weight is 1010 g/mol. The van der Waals surface area contributed by atoms with E-state index in [4.69, 9.17) is 9.47 Å². The third-order valence-electron chi connectivity index (χ3n) is 14.3. The Morgan fingerprint density at radius 3 is 0.833 bits per heavy atom. The Morgan fingerprint density at radius 2 is 0.556 bits per heavy atom. The predicted octanol–water partition coefficient (Wildman–Crippen LogP) is 21.8. The molecule has 0 fully saturated rings. The lowest BCUT2D eigenvalue weighted by Crippen LogP contribution is -2.28. The minimum absolute atomic E-state index is 0.0652. The molecule has 0 aliphatic rings. The number of hydrogen-bond acceptors (Lipinski definition) is 5. The maximum absolute atomic E-state index is 12.3. The van der Waals surface area contributed by atoms with Gasteiger partial charge < -0.3 is 14.6 Å². The molecule has 0 aromatic rings. The molecule has 72 heavy (non-hydrogen) atoms. The molecule has 0 saturated carbocycles. The average Bonchev–Trinajstić information content (AvgIpc) is 3.38. The molecule has 1 atom stereocenters. The van der Waals surface area contributed by atoms with Crippen molar-refractivity contribution in [2.45, 2.75) is 341 Å². The van der Waals surface area contributed by atoms with Gasteiger partial charge >= 0.3 is 11.9 Å². The van der Waals surface area contributed by atoms with Gasteiger partial charge in [-0.3, -0.25) is 9.59 Å². The van der Waals surface area contributed by atoms with Crippen molar-refractivity contribution in [3.8, 4) is 0 Å². The summed E-state index contributed by atoms with van der Waals surface area (Å²) >= 11 is 0. The summed E-state index contributed by atoms with van der Waals surface area (Å²) in [5.41, 5.74) is 0. The van der Waals surface area contributed by atoms with Gasteiger partial charge in [-0.1, -0.05) is 299 Å². The van der Waals surface area contributed by atoms with Crippen LogP contribution in [0.15, 0.2) is 60.8 Å². The number of carbonyl (C=O) groups is 2. The second kappa shape index (κ2) is 62.9. The molecule has 1 unspecified atom stereocenters. The summed E-state index contributed by atoms with van der Waals surface area (Å²) in [6, 6.07) is 0. The zero-order valence-corrected chi connectivity index (χ0v) is 48.2. The molecule has 5 heteroatoms. The van der Waals surface area contributed by atoms with Crippen LogP contribution in [0, 0.1) is 0 Å². The van der Waals surface area contributed by atoms with E-state index in [0.29, 0.717) is 12.8 Å². The fourth-order valence-corrected chi connectivity index (χ4v) is 9.48. The van der Waals surface area contributed by atoms with E-state index in [1.807, 2.05) is 0 Å². The summed E-state index contributed by atoms with van der Waals surface area (Å²) in [7, 11) is 0. The number of aliphatic hydroxyl groups excluding tert-OH is 1. The highest BCUT2D eigenvalue weighted by Gasteiger charge is 2.16. The maximum Gasteiger partial charge on any atom is 0.306 e. The van der Waals surface area contributed by atoms with E-state index in [9.17, 15) is 14.7 Å². The van der Waals surface area contributed by atoms with Crippen molar-refractivity contribution >= 4 is 11.9 Å². The van der Waals surface area contributed by atoms with Gasteiger partial charge in [-0.2, -0.15) is 0 Å². The van der Waals surface area contributed by atoms with Crippen LogP contribution in [0.1, 0.15) is 335 Å². The van der Waals surface area contributed by atoms with Crippen molar-refractivity contribution in [3.63, 3.8) is 0 Å². The quantitative estimate of drug-likeness (QED) is 0.0373. The largest absolute Gasteiger partial charge is 0.462 e. The predicted molar refractivity (Wildman–Crippen MR) is 316 cm³/mol. The fraction of sp³-hybridized carbons (Fsp3) is 0.821. The Kier molecular flexibility index (Phi) is 60.8. The molecule has 0 aliphatic heterocycles. The normalized spacial score (nSPS) is 12.5. The van der Waals surface area contributed by atoms with Gasteiger partial charge in [0, 0.05) is 12.8 Å². The van der Waals surface area contributed by atoms with E-state index >= 15 is 0 Å². The summed E-state index contributed by atoms with van der Waals surface area (Å²) in [6.07, 6.45) is 85.1. The first-order valence-corrected chi connectivity index (χ1v) is 31.8. The van der Waals surface area contributed by atoms with Crippen molar-refractivity contribution in [1.29, 1.82) is 0 Å². The molecule has 420 valence electrons. The van der Waals surface area contributed by atoms with Crippen LogP contribution >= 0.6 is 0 Å². The topological polar surface area (TPSA) is 72.8 Å². The zero-order chi connectivity index (χ0) is 52.0. The van der Waals surface area contributed by atoms with E-state index in [1.54, 1.807) is 0 Å². The molecular weight excluding hydrogens is 885 g/mol.